The highest BCUT2D eigenvalue weighted by molar-refractivity contribution is 7.89. The molecule has 4 aromatic carbocycles. The number of amides is 1. The Morgan fingerprint density at radius 1 is 0.836 bits per heavy atom. The summed E-state index contributed by atoms with van der Waals surface area (Å²) in [6.45, 7) is 1.04. The van der Waals surface area contributed by atoms with Crippen LogP contribution in [-0.4, -0.2) is 42.4 Å². The Balaban J connectivity index is 1.50. The van der Waals surface area contributed by atoms with E-state index in [0.717, 1.165) is 59.9 Å². The van der Waals surface area contributed by atoms with Crippen LogP contribution in [0.3, 0.4) is 0 Å². The Bertz CT molecular complexity index is 2230. The number of benzene rings is 4. The van der Waals surface area contributed by atoms with Crippen LogP contribution in [0, 0.1) is 34.9 Å². The molecule has 2 fully saturated rings. The van der Waals surface area contributed by atoms with E-state index in [0.29, 0.717) is 23.8 Å². The first-order chi connectivity index (χ1) is 26.0. The zero-order chi connectivity index (χ0) is 39.9. The predicted molar refractivity (Wildman–Crippen MR) is 191 cm³/mol. The topological polar surface area (TPSA) is 104 Å². The van der Waals surface area contributed by atoms with Crippen molar-refractivity contribution in [1.82, 2.24) is 4.31 Å². The molecule has 0 aromatic heterocycles. The molecule has 0 bridgehead atoms. The summed E-state index contributed by atoms with van der Waals surface area (Å²) in [6.07, 6.45) is 3.84. The largest absolute Gasteiger partial charge is 0.489 e. The van der Waals surface area contributed by atoms with Crippen molar-refractivity contribution < 1.29 is 54.2 Å². The van der Waals surface area contributed by atoms with Gasteiger partial charge in [-0.25, -0.2) is 39.6 Å². The summed E-state index contributed by atoms with van der Waals surface area (Å²) >= 11 is 6.18. The van der Waals surface area contributed by atoms with Crippen molar-refractivity contribution in [3.8, 4) is 5.75 Å². The van der Waals surface area contributed by atoms with E-state index in [1.54, 1.807) is 13.8 Å². The van der Waals surface area contributed by atoms with Crippen LogP contribution in [0.25, 0.3) is 0 Å². The van der Waals surface area contributed by atoms with E-state index in [4.69, 9.17) is 16.3 Å². The molecule has 0 spiro atoms. The number of hydrogen-bond acceptors (Lipinski definition) is 5. The summed E-state index contributed by atoms with van der Waals surface area (Å²) < 4.78 is 121. The highest BCUT2D eigenvalue weighted by Crippen LogP contribution is 2.46. The summed E-state index contributed by atoms with van der Waals surface area (Å²) in [5.41, 5.74) is 2.37. The van der Waals surface area contributed by atoms with E-state index in [9.17, 15) is 40.7 Å². The van der Waals surface area contributed by atoms with Crippen LogP contribution in [0.1, 0.15) is 90.4 Å². The maximum atomic E-state index is 15.1. The van der Waals surface area contributed by atoms with E-state index in [1.807, 2.05) is 12.1 Å². The van der Waals surface area contributed by atoms with Crippen molar-refractivity contribution in [2.24, 2.45) is 0 Å². The van der Waals surface area contributed by atoms with Gasteiger partial charge >= 0.3 is 5.97 Å². The van der Waals surface area contributed by atoms with E-state index in [1.165, 1.54) is 18.2 Å². The van der Waals surface area contributed by atoms with E-state index >= 15 is 8.78 Å². The summed E-state index contributed by atoms with van der Waals surface area (Å²) in [4.78, 5) is 25.6. The van der Waals surface area contributed by atoms with Crippen molar-refractivity contribution in [3.05, 3.63) is 122 Å². The van der Waals surface area contributed by atoms with Crippen LogP contribution in [-0.2, 0) is 27.9 Å². The van der Waals surface area contributed by atoms with Gasteiger partial charge in [-0.3, -0.25) is 4.79 Å². The Morgan fingerprint density at radius 2 is 1.42 bits per heavy atom. The first-order valence-corrected chi connectivity index (χ1v) is 19.3. The number of carboxylic acid groups (broad SMARTS) is 1. The van der Waals surface area contributed by atoms with Gasteiger partial charge in [-0.1, -0.05) is 42.8 Å². The smallest absolute Gasteiger partial charge is 0.335 e. The number of rotatable bonds is 15. The van der Waals surface area contributed by atoms with Gasteiger partial charge in [0, 0.05) is 11.6 Å². The number of anilines is 1. The minimum Gasteiger partial charge on any atom is -0.489 e. The number of ether oxygens (including phenoxy) is 1. The van der Waals surface area contributed by atoms with Crippen LogP contribution in [0.2, 0.25) is 5.02 Å². The van der Waals surface area contributed by atoms with Crippen molar-refractivity contribution in [1.29, 1.82) is 0 Å². The number of carbonyl (C=O) groups is 2. The molecule has 0 aliphatic heterocycles. The minimum absolute atomic E-state index is 0.00786. The highest BCUT2D eigenvalue weighted by atomic mass is 35.5. The monoisotopic (exact) mass is 808 g/mol. The molecule has 55 heavy (non-hydrogen) atoms. The fourth-order valence-electron chi connectivity index (χ4n) is 6.14. The number of halogens is 7. The number of hydrogen-bond donors (Lipinski definition) is 1. The number of aromatic carboxylic acids is 1. The Kier molecular flexibility index (Phi) is 11.6. The average Bonchev–Trinajstić information content (AvgIpc) is 4.07. The zero-order valence-corrected chi connectivity index (χ0v) is 31.1. The molecule has 16 heteroatoms. The zero-order valence-electron chi connectivity index (χ0n) is 29.5. The lowest BCUT2D eigenvalue weighted by Gasteiger charge is -2.30. The lowest BCUT2D eigenvalue weighted by Crippen LogP contribution is -2.43. The number of carboxylic acids is 1. The average molecular weight is 809 g/mol. The van der Waals surface area contributed by atoms with Crippen molar-refractivity contribution in [3.63, 3.8) is 0 Å². The molecule has 2 aliphatic rings. The van der Waals surface area contributed by atoms with Gasteiger partial charge in [0.25, 0.3) is 0 Å². The molecule has 1 N–H and O–H groups in total. The molecule has 8 nitrogen and oxygen atoms in total. The quantitative estimate of drug-likeness (QED) is 0.0730. The molecule has 1 amide bonds. The van der Waals surface area contributed by atoms with Crippen LogP contribution in [0.15, 0.2) is 59.5 Å². The standard InChI is InChI=1S/C39H35ClF6N2O6S/c1-3-20(2)54-31-15-24(39(50)51)9-11-30(31)48(17-21-12-26(22-4-5-22)14-27(13-21)23-6-7-23)32(49)19-47(18-25-8-10-28(41)16-29(25)40)55(52,53)38-36(45)34(43)33(42)35(44)37(38)46/h8-16,20,22-23H,3-7,17-19H2,1-2H3,(H,50,51). The number of sulfonamides is 1. The Labute approximate surface area is 318 Å². The molecule has 0 radical (unpaired) electrons. The number of nitrogens with zero attached hydrogens (tertiary/aromatic N) is 2. The van der Waals surface area contributed by atoms with Gasteiger partial charge in [0.2, 0.25) is 21.7 Å². The van der Waals surface area contributed by atoms with Gasteiger partial charge in [-0.15, -0.1) is 0 Å². The molecule has 6 rings (SSSR count). The van der Waals surface area contributed by atoms with Crippen molar-refractivity contribution in [2.45, 2.75) is 81.9 Å². The first-order valence-electron chi connectivity index (χ1n) is 17.4. The van der Waals surface area contributed by atoms with Gasteiger partial charge in [0.05, 0.1) is 30.4 Å². The summed E-state index contributed by atoms with van der Waals surface area (Å²) in [7, 11) is -5.78. The van der Waals surface area contributed by atoms with Crippen molar-refractivity contribution in [2.75, 3.05) is 11.4 Å². The lowest BCUT2D eigenvalue weighted by atomic mass is 9.99. The maximum absolute atomic E-state index is 15.1. The molecule has 2 saturated carbocycles. The fourth-order valence-corrected chi connectivity index (χ4v) is 7.85. The van der Waals surface area contributed by atoms with Crippen LogP contribution < -0.4 is 9.64 Å². The van der Waals surface area contributed by atoms with Crippen LogP contribution >= 0.6 is 11.6 Å². The third-order valence-corrected chi connectivity index (χ3v) is 11.8. The first kappa shape index (κ1) is 40.1. The Morgan fingerprint density at radius 3 is 1.95 bits per heavy atom. The van der Waals surface area contributed by atoms with Gasteiger partial charge < -0.3 is 14.7 Å². The maximum Gasteiger partial charge on any atom is 0.335 e. The third kappa shape index (κ3) is 8.63. The highest BCUT2D eigenvalue weighted by Gasteiger charge is 2.39. The molecule has 2 aliphatic carbocycles. The third-order valence-electron chi connectivity index (χ3n) is 9.62. The molecular weight excluding hydrogens is 774 g/mol. The molecule has 1 unspecified atom stereocenters. The molecule has 0 saturated heterocycles. The van der Waals surface area contributed by atoms with E-state index < -0.39 is 80.9 Å². The second-order valence-electron chi connectivity index (χ2n) is 13.8. The predicted octanol–water partition coefficient (Wildman–Crippen LogP) is 9.23. The molecule has 0 heterocycles. The minimum atomic E-state index is -5.78. The summed E-state index contributed by atoms with van der Waals surface area (Å²) in [6, 6.07) is 12.4. The van der Waals surface area contributed by atoms with Crippen LogP contribution in [0.5, 0.6) is 5.75 Å². The number of carbonyl (C=O) groups excluding carboxylic acids is 1. The normalized spacial score (nSPS) is 14.9. The molecule has 4 aromatic rings. The van der Waals surface area contributed by atoms with Gasteiger partial charge in [0.1, 0.15) is 11.6 Å². The van der Waals surface area contributed by atoms with Gasteiger partial charge in [-0.2, -0.15) is 4.31 Å². The second kappa shape index (κ2) is 15.9. The fraction of sp³-hybridized carbons (Fsp3) is 0.333. The molecular formula is C39H35ClF6N2O6S. The van der Waals surface area contributed by atoms with Crippen molar-refractivity contribution >= 4 is 39.2 Å². The summed E-state index contributed by atoms with van der Waals surface area (Å²) in [5.74, 6) is -15.6. The second-order valence-corrected chi connectivity index (χ2v) is 16.1. The van der Waals surface area contributed by atoms with E-state index in [-0.39, 0.29) is 38.4 Å². The summed E-state index contributed by atoms with van der Waals surface area (Å²) in [5, 5.41) is 9.41. The van der Waals surface area contributed by atoms with Gasteiger partial charge in [0.15, 0.2) is 28.2 Å². The SMILES string of the molecule is CCC(C)Oc1cc(C(=O)O)ccc1N(Cc1cc(C2CC2)cc(C2CC2)c1)C(=O)CN(Cc1ccc(F)cc1Cl)S(=O)(=O)c1c(F)c(F)c(F)c(F)c1F. The van der Waals surface area contributed by atoms with E-state index in [2.05, 4.69) is 6.07 Å². The lowest BCUT2D eigenvalue weighted by molar-refractivity contribution is -0.119. The molecule has 1 atom stereocenters. The molecule has 292 valence electrons. The van der Waals surface area contributed by atoms with Gasteiger partial charge in [-0.05, 0) is 103 Å². The van der Waals surface area contributed by atoms with Crippen LogP contribution in [0.4, 0.5) is 32.0 Å². The Hall–Kier alpha value is -4.60.